The second-order valence-electron chi connectivity index (χ2n) is 8.72. The highest BCUT2D eigenvalue weighted by molar-refractivity contribution is 5.89. The third-order valence-electron chi connectivity index (χ3n) is 6.46. The number of benzene rings is 2. The van der Waals surface area contributed by atoms with Crippen molar-refractivity contribution in [1.29, 1.82) is 0 Å². The van der Waals surface area contributed by atoms with E-state index in [1.54, 1.807) is 24.1 Å². The Kier molecular flexibility index (Phi) is 6.03. The molecule has 8 heteroatoms. The molecule has 2 aromatic carbocycles. The van der Waals surface area contributed by atoms with E-state index in [4.69, 9.17) is 18.9 Å². The van der Waals surface area contributed by atoms with Crippen LogP contribution < -0.4 is 20.0 Å². The van der Waals surface area contributed by atoms with Gasteiger partial charge < -0.3 is 23.7 Å². The van der Waals surface area contributed by atoms with Crippen LogP contribution in [0.25, 0.3) is 21.9 Å². The Balaban J connectivity index is 1.22. The van der Waals surface area contributed by atoms with Gasteiger partial charge >= 0.3 is 5.63 Å². The predicted octanol–water partition coefficient (Wildman–Crippen LogP) is 3.69. The molecule has 1 saturated heterocycles. The van der Waals surface area contributed by atoms with E-state index in [0.29, 0.717) is 37.5 Å². The topological polar surface area (TPSA) is 85.1 Å². The first-order chi connectivity index (χ1) is 16.9. The maximum absolute atomic E-state index is 12.8. The molecule has 0 aliphatic carbocycles. The molecule has 0 spiro atoms. The Morgan fingerprint density at radius 3 is 2.54 bits per heavy atom. The van der Waals surface area contributed by atoms with Crippen LogP contribution in [0.2, 0.25) is 0 Å². The number of pyridine rings is 1. The lowest BCUT2D eigenvalue weighted by Gasteiger charge is -2.35. The molecule has 2 aromatic heterocycles. The van der Waals surface area contributed by atoms with Crippen LogP contribution in [0.4, 0.5) is 5.82 Å². The molecule has 4 aromatic rings. The van der Waals surface area contributed by atoms with Crippen molar-refractivity contribution >= 4 is 33.6 Å². The lowest BCUT2D eigenvalue weighted by molar-refractivity contribution is -0.133. The van der Waals surface area contributed by atoms with Crippen molar-refractivity contribution in [2.45, 2.75) is 13.8 Å². The molecule has 0 saturated carbocycles. The molecular formula is C27H27N3O5. The normalized spacial score (nSPS) is 13.9. The van der Waals surface area contributed by atoms with Gasteiger partial charge in [-0.1, -0.05) is 12.1 Å². The maximum Gasteiger partial charge on any atom is 0.336 e. The summed E-state index contributed by atoms with van der Waals surface area (Å²) in [6.45, 7) is 6.37. The maximum atomic E-state index is 12.8. The number of rotatable bonds is 5. The molecule has 35 heavy (non-hydrogen) atoms. The number of carbonyl (C=O) groups excluding carboxylic acids is 1. The number of carbonyl (C=O) groups is 1. The third kappa shape index (κ3) is 4.51. The summed E-state index contributed by atoms with van der Waals surface area (Å²) in [6, 6.07) is 14.7. The van der Waals surface area contributed by atoms with Crippen molar-refractivity contribution in [3.63, 3.8) is 0 Å². The van der Waals surface area contributed by atoms with E-state index in [-0.39, 0.29) is 12.5 Å². The minimum atomic E-state index is -0.407. The number of ether oxygens (including phenoxy) is 2. The zero-order chi connectivity index (χ0) is 24.5. The highest BCUT2D eigenvalue weighted by atomic mass is 16.5. The van der Waals surface area contributed by atoms with Crippen molar-refractivity contribution in [1.82, 2.24) is 9.88 Å². The lowest BCUT2D eigenvalue weighted by Crippen LogP contribution is -2.50. The van der Waals surface area contributed by atoms with Crippen LogP contribution in [0.15, 0.2) is 57.7 Å². The number of anilines is 1. The fourth-order valence-electron chi connectivity index (χ4n) is 4.52. The Morgan fingerprint density at radius 2 is 1.77 bits per heavy atom. The summed E-state index contributed by atoms with van der Waals surface area (Å²) in [5, 5.41) is 1.91. The Morgan fingerprint density at radius 1 is 1.00 bits per heavy atom. The van der Waals surface area contributed by atoms with Crippen LogP contribution >= 0.6 is 0 Å². The van der Waals surface area contributed by atoms with Crippen molar-refractivity contribution in [3.05, 3.63) is 70.1 Å². The third-order valence-corrected chi connectivity index (χ3v) is 6.46. The van der Waals surface area contributed by atoms with E-state index in [1.165, 1.54) is 6.07 Å². The Bertz CT molecular complexity index is 1470. The van der Waals surface area contributed by atoms with Gasteiger partial charge in [-0.2, -0.15) is 0 Å². The number of aromatic nitrogens is 1. The number of para-hydroxylation sites is 1. The fourth-order valence-corrected chi connectivity index (χ4v) is 4.52. The molecule has 0 radical (unpaired) electrons. The second kappa shape index (κ2) is 9.29. The van der Waals surface area contributed by atoms with Gasteiger partial charge in [-0.3, -0.25) is 4.79 Å². The van der Waals surface area contributed by atoms with E-state index < -0.39 is 5.63 Å². The lowest BCUT2D eigenvalue weighted by atomic mass is 10.1. The van der Waals surface area contributed by atoms with E-state index in [2.05, 4.69) is 17.9 Å². The van der Waals surface area contributed by atoms with Crippen LogP contribution in [0.3, 0.4) is 0 Å². The molecule has 8 nitrogen and oxygen atoms in total. The summed E-state index contributed by atoms with van der Waals surface area (Å²) in [5.74, 6) is 2.04. The van der Waals surface area contributed by atoms with Gasteiger partial charge in [0.05, 0.1) is 7.11 Å². The summed E-state index contributed by atoms with van der Waals surface area (Å²) in [4.78, 5) is 33.3. The molecule has 5 rings (SSSR count). The number of amides is 1. The fraction of sp³-hybridized carbons (Fsp3) is 0.296. The molecule has 3 heterocycles. The minimum Gasteiger partial charge on any atom is -0.494 e. The van der Waals surface area contributed by atoms with Crippen LogP contribution in [-0.2, 0) is 4.79 Å². The number of fused-ring (bicyclic) bond motifs is 2. The van der Waals surface area contributed by atoms with Gasteiger partial charge in [0.15, 0.2) is 6.61 Å². The van der Waals surface area contributed by atoms with Gasteiger partial charge in [0, 0.05) is 49.1 Å². The van der Waals surface area contributed by atoms with Gasteiger partial charge in [0.25, 0.3) is 5.91 Å². The Hall–Kier alpha value is -4.07. The van der Waals surface area contributed by atoms with E-state index in [1.807, 2.05) is 31.2 Å². The highest BCUT2D eigenvalue weighted by Crippen LogP contribution is 2.29. The van der Waals surface area contributed by atoms with Crippen molar-refractivity contribution in [3.8, 4) is 11.5 Å². The standard InChI is InChI=1S/C27H27N3O5/c1-17-13-24(28-27-21(17)5-4-6-22(27)33-3)29-9-11-30(12-10-29)25(31)16-34-19-7-8-20-18(2)14-26(32)35-23(20)15-19/h4-8,13-15H,9-12,16H2,1-3H3. The van der Waals surface area contributed by atoms with Gasteiger partial charge in [-0.25, -0.2) is 9.78 Å². The van der Waals surface area contributed by atoms with Crippen molar-refractivity contribution < 1.29 is 18.7 Å². The zero-order valence-corrected chi connectivity index (χ0v) is 20.0. The highest BCUT2D eigenvalue weighted by Gasteiger charge is 2.23. The molecule has 0 N–H and O–H groups in total. The first-order valence-corrected chi connectivity index (χ1v) is 11.6. The van der Waals surface area contributed by atoms with Crippen molar-refractivity contribution in [2.75, 3.05) is 44.8 Å². The van der Waals surface area contributed by atoms with Gasteiger partial charge in [0.2, 0.25) is 0 Å². The summed E-state index contributed by atoms with van der Waals surface area (Å²) < 4.78 is 16.5. The summed E-state index contributed by atoms with van der Waals surface area (Å²) >= 11 is 0. The number of aryl methyl sites for hydroxylation is 2. The second-order valence-corrected chi connectivity index (χ2v) is 8.72. The van der Waals surface area contributed by atoms with E-state index in [9.17, 15) is 9.59 Å². The summed E-state index contributed by atoms with van der Waals surface area (Å²) in [7, 11) is 1.65. The largest absolute Gasteiger partial charge is 0.494 e. The number of hydrogen-bond donors (Lipinski definition) is 0. The molecule has 0 bridgehead atoms. The van der Waals surface area contributed by atoms with Gasteiger partial charge in [-0.05, 0) is 49.2 Å². The Labute approximate surface area is 202 Å². The molecule has 0 unspecified atom stereocenters. The average molecular weight is 474 g/mol. The minimum absolute atomic E-state index is 0.0773. The van der Waals surface area contributed by atoms with E-state index in [0.717, 1.165) is 39.0 Å². The van der Waals surface area contributed by atoms with Crippen LogP contribution in [0, 0.1) is 13.8 Å². The van der Waals surface area contributed by atoms with Crippen molar-refractivity contribution in [2.24, 2.45) is 0 Å². The number of hydrogen-bond acceptors (Lipinski definition) is 7. The molecule has 1 aliphatic heterocycles. The smallest absolute Gasteiger partial charge is 0.336 e. The molecule has 0 atom stereocenters. The number of piperazine rings is 1. The summed E-state index contributed by atoms with van der Waals surface area (Å²) in [6.07, 6.45) is 0. The number of methoxy groups -OCH3 is 1. The average Bonchev–Trinajstić information content (AvgIpc) is 2.86. The molecular weight excluding hydrogens is 446 g/mol. The number of nitrogens with zero attached hydrogens (tertiary/aromatic N) is 3. The van der Waals surface area contributed by atoms with Gasteiger partial charge in [0.1, 0.15) is 28.4 Å². The first-order valence-electron chi connectivity index (χ1n) is 11.6. The van der Waals surface area contributed by atoms with Crippen LogP contribution in [0.1, 0.15) is 11.1 Å². The first kappa shape index (κ1) is 22.7. The summed E-state index contributed by atoms with van der Waals surface area (Å²) in [5.41, 5.74) is 2.86. The predicted molar refractivity (Wildman–Crippen MR) is 135 cm³/mol. The monoisotopic (exact) mass is 473 g/mol. The van der Waals surface area contributed by atoms with Crippen LogP contribution in [-0.4, -0.2) is 55.7 Å². The molecule has 180 valence electrons. The molecule has 1 fully saturated rings. The van der Waals surface area contributed by atoms with E-state index >= 15 is 0 Å². The molecule has 1 amide bonds. The quantitative estimate of drug-likeness (QED) is 0.409. The zero-order valence-electron chi connectivity index (χ0n) is 20.0. The SMILES string of the molecule is COc1cccc2c(C)cc(N3CCN(C(=O)COc4ccc5c(C)cc(=O)oc5c4)CC3)nc12. The molecule has 1 aliphatic rings. The van der Waals surface area contributed by atoms with Crippen LogP contribution in [0.5, 0.6) is 11.5 Å². The van der Waals surface area contributed by atoms with Gasteiger partial charge in [-0.15, -0.1) is 0 Å².